The fourth-order valence-electron chi connectivity index (χ4n) is 3.60. The zero-order valence-corrected chi connectivity index (χ0v) is 15.5. The van der Waals surface area contributed by atoms with Gasteiger partial charge >= 0.3 is 0 Å². The lowest BCUT2D eigenvalue weighted by molar-refractivity contribution is 0.0709. The van der Waals surface area contributed by atoms with Gasteiger partial charge in [-0.3, -0.25) is 14.2 Å². The summed E-state index contributed by atoms with van der Waals surface area (Å²) in [5.74, 6) is 0.643. The van der Waals surface area contributed by atoms with E-state index >= 15 is 0 Å². The van der Waals surface area contributed by atoms with E-state index in [0.29, 0.717) is 47.1 Å². The molecule has 1 fully saturated rings. The van der Waals surface area contributed by atoms with Crippen LogP contribution in [0.25, 0.3) is 16.6 Å². The van der Waals surface area contributed by atoms with Gasteiger partial charge in [-0.05, 0) is 50.2 Å². The molecule has 1 aliphatic rings. The number of nitrogens with zero attached hydrogens (tertiary/aromatic N) is 3. The maximum atomic E-state index is 12.9. The van der Waals surface area contributed by atoms with Crippen LogP contribution in [-0.4, -0.2) is 46.0 Å². The van der Waals surface area contributed by atoms with Crippen LogP contribution >= 0.6 is 0 Å². The van der Waals surface area contributed by atoms with Gasteiger partial charge in [0.1, 0.15) is 5.82 Å². The number of carbonyl (C=O) groups is 1. The highest BCUT2D eigenvalue weighted by Crippen LogP contribution is 2.15. The number of hydrogen-bond acceptors (Lipinski definition) is 4. The SMILES string of the molecule is Cc1nc2ccccc2c(=O)n1-c1ccc(C(=O)N2CCN[C@H](C)C2)cc1. The van der Waals surface area contributed by atoms with E-state index in [9.17, 15) is 9.59 Å². The number of benzene rings is 2. The Morgan fingerprint density at radius 2 is 1.89 bits per heavy atom. The lowest BCUT2D eigenvalue weighted by Crippen LogP contribution is -2.51. The van der Waals surface area contributed by atoms with Gasteiger partial charge in [0, 0.05) is 31.2 Å². The minimum absolute atomic E-state index is 0.0237. The monoisotopic (exact) mass is 362 g/mol. The molecule has 1 saturated heterocycles. The molecule has 0 spiro atoms. The minimum atomic E-state index is -0.104. The van der Waals surface area contributed by atoms with Gasteiger partial charge in [0.15, 0.2) is 0 Å². The molecule has 0 bridgehead atoms. The molecule has 1 aliphatic heterocycles. The van der Waals surface area contributed by atoms with E-state index in [2.05, 4.69) is 17.2 Å². The lowest BCUT2D eigenvalue weighted by Gasteiger charge is -2.32. The first kappa shape index (κ1) is 17.4. The average molecular weight is 362 g/mol. The van der Waals surface area contributed by atoms with Gasteiger partial charge in [-0.1, -0.05) is 12.1 Å². The molecule has 6 heteroatoms. The van der Waals surface area contributed by atoms with Crippen molar-refractivity contribution in [2.45, 2.75) is 19.9 Å². The van der Waals surface area contributed by atoms with Crippen LogP contribution in [-0.2, 0) is 0 Å². The molecule has 0 unspecified atom stereocenters. The summed E-state index contributed by atoms with van der Waals surface area (Å²) in [6.45, 7) is 6.10. The van der Waals surface area contributed by atoms with Crippen molar-refractivity contribution in [2.24, 2.45) is 0 Å². The molecule has 1 aromatic heterocycles. The zero-order chi connectivity index (χ0) is 19.0. The summed E-state index contributed by atoms with van der Waals surface area (Å²) in [5.41, 5.74) is 1.93. The van der Waals surface area contributed by atoms with Crippen molar-refractivity contribution in [1.82, 2.24) is 19.8 Å². The van der Waals surface area contributed by atoms with Crippen LogP contribution in [0.1, 0.15) is 23.1 Å². The van der Waals surface area contributed by atoms with Crippen molar-refractivity contribution < 1.29 is 4.79 Å². The molecular formula is C21H22N4O2. The zero-order valence-electron chi connectivity index (χ0n) is 15.5. The van der Waals surface area contributed by atoms with Crippen LogP contribution in [0.2, 0.25) is 0 Å². The number of piperazine rings is 1. The fourth-order valence-corrected chi connectivity index (χ4v) is 3.60. The Kier molecular flexibility index (Phi) is 4.49. The van der Waals surface area contributed by atoms with Crippen LogP contribution in [0.5, 0.6) is 0 Å². The Morgan fingerprint density at radius 1 is 1.15 bits per heavy atom. The molecule has 0 saturated carbocycles. The van der Waals surface area contributed by atoms with Gasteiger partial charge in [0.2, 0.25) is 0 Å². The Morgan fingerprint density at radius 3 is 2.63 bits per heavy atom. The molecule has 27 heavy (non-hydrogen) atoms. The molecular weight excluding hydrogens is 340 g/mol. The number of para-hydroxylation sites is 1. The molecule has 2 heterocycles. The number of nitrogens with one attached hydrogen (secondary N) is 1. The van der Waals surface area contributed by atoms with E-state index in [4.69, 9.17) is 0 Å². The van der Waals surface area contributed by atoms with Gasteiger partial charge < -0.3 is 10.2 Å². The van der Waals surface area contributed by atoms with Crippen molar-refractivity contribution in [2.75, 3.05) is 19.6 Å². The summed E-state index contributed by atoms with van der Waals surface area (Å²) in [5, 5.41) is 3.92. The Labute approximate surface area is 157 Å². The van der Waals surface area contributed by atoms with E-state index in [0.717, 1.165) is 6.54 Å². The number of rotatable bonds is 2. The molecule has 3 aromatic rings. The number of aromatic nitrogens is 2. The van der Waals surface area contributed by atoms with Gasteiger partial charge in [-0.2, -0.15) is 0 Å². The summed E-state index contributed by atoms with van der Waals surface area (Å²) in [4.78, 5) is 32.0. The Hall–Kier alpha value is -2.99. The van der Waals surface area contributed by atoms with Crippen molar-refractivity contribution in [3.8, 4) is 5.69 Å². The largest absolute Gasteiger partial charge is 0.336 e. The Bertz CT molecular complexity index is 1060. The van der Waals surface area contributed by atoms with Crippen LogP contribution in [0.15, 0.2) is 53.3 Å². The summed E-state index contributed by atoms with van der Waals surface area (Å²) in [7, 11) is 0. The molecule has 0 aliphatic carbocycles. The van der Waals surface area contributed by atoms with E-state index in [1.165, 1.54) is 0 Å². The molecule has 1 atom stereocenters. The average Bonchev–Trinajstić information content (AvgIpc) is 2.68. The first-order chi connectivity index (χ1) is 13.0. The molecule has 138 valence electrons. The van der Waals surface area contributed by atoms with Gasteiger partial charge in [0.25, 0.3) is 11.5 Å². The second-order valence-corrected chi connectivity index (χ2v) is 6.97. The number of hydrogen-bond donors (Lipinski definition) is 1. The van der Waals surface area contributed by atoms with Gasteiger partial charge in [-0.25, -0.2) is 4.98 Å². The number of fused-ring (bicyclic) bond motifs is 1. The highest BCUT2D eigenvalue weighted by Gasteiger charge is 2.21. The van der Waals surface area contributed by atoms with Crippen LogP contribution < -0.4 is 10.9 Å². The summed E-state index contributed by atoms with van der Waals surface area (Å²) < 4.78 is 1.59. The predicted molar refractivity (Wildman–Crippen MR) is 105 cm³/mol. The maximum absolute atomic E-state index is 12.9. The highest BCUT2D eigenvalue weighted by molar-refractivity contribution is 5.94. The second kappa shape index (κ2) is 6.96. The highest BCUT2D eigenvalue weighted by atomic mass is 16.2. The summed E-state index contributed by atoms with van der Waals surface area (Å²) in [6, 6.07) is 14.8. The topological polar surface area (TPSA) is 67.2 Å². The van der Waals surface area contributed by atoms with Crippen LogP contribution in [0.4, 0.5) is 0 Å². The van der Waals surface area contributed by atoms with E-state index in [-0.39, 0.29) is 11.5 Å². The van der Waals surface area contributed by atoms with E-state index < -0.39 is 0 Å². The maximum Gasteiger partial charge on any atom is 0.265 e. The van der Waals surface area contributed by atoms with E-state index in [1.807, 2.05) is 42.2 Å². The standard InChI is InChI=1S/C21H22N4O2/c1-14-13-24(12-11-22-14)20(26)16-7-9-17(10-8-16)25-15(2)23-19-6-4-3-5-18(19)21(25)27/h3-10,14,22H,11-13H2,1-2H3/t14-/m1/s1. The van der Waals surface area contributed by atoms with Crippen LogP contribution in [0, 0.1) is 6.92 Å². The third-order valence-corrected chi connectivity index (χ3v) is 4.97. The third-order valence-electron chi connectivity index (χ3n) is 4.97. The van der Waals surface area contributed by atoms with Crippen molar-refractivity contribution in [1.29, 1.82) is 0 Å². The first-order valence-corrected chi connectivity index (χ1v) is 9.16. The molecule has 2 aromatic carbocycles. The quantitative estimate of drug-likeness (QED) is 0.758. The Balaban J connectivity index is 1.68. The number of amides is 1. The second-order valence-electron chi connectivity index (χ2n) is 6.97. The smallest absolute Gasteiger partial charge is 0.265 e. The van der Waals surface area contributed by atoms with Crippen molar-refractivity contribution in [3.05, 3.63) is 70.3 Å². The van der Waals surface area contributed by atoms with Crippen LogP contribution in [0.3, 0.4) is 0 Å². The lowest BCUT2D eigenvalue weighted by atomic mass is 10.1. The number of aryl methyl sites for hydroxylation is 1. The van der Waals surface area contributed by atoms with Crippen molar-refractivity contribution in [3.63, 3.8) is 0 Å². The molecule has 1 amide bonds. The van der Waals surface area contributed by atoms with Gasteiger partial charge in [-0.15, -0.1) is 0 Å². The molecule has 1 N–H and O–H groups in total. The van der Waals surface area contributed by atoms with Gasteiger partial charge in [0.05, 0.1) is 16.6 Å². The van der Waals surface area contributed by atoms with Crippen molar-refractivity contribution >= 4 is 16.8 Å². The fraction of sp³-hybridized carbons (Fsp3) is 0.286. The normalized spacial score (nSPS) is 17.3. The minimum Gasteiger partial charge on any atom is -0.336 e. The summed E-state index contributed by atoms with van der Waals surface area (Å²) in [6.07, 6.45) is 0. The van der Waals surface area contributed by atoms with E-state index in [1.54, 1.807) is 22.8 Å². The molecule has 4 rings (SSSR count). The third kappa shape index (κ3) is 3.24. The number of carbonyl (C=O) groups excluding carboxylic acids is 1. The molecule has 6 nitrogen and oxygen atoms in total. The molecule has 0 radical (unpaired) electrons. The predicted octanol–water partition coefficient (Wildman–Crippen LogP) is 2.13. The first-order valence-electron chi connectivity index (χ1n) is 9.16. The summed E-state index contributed by atoms with van der Waals surface area (Å²) >= 11 is 0.